The van der Waals surface area contributed by atoms with Gasteiger partial charge in [-0.1, -0.05) is 5.16 Å². The molecule has 8 heteroatoms. The van der Waals surface area contributed by atoms with Gasteiger partial charge in [-0.15, -0.1) is 35.3 Å². The van der Waals surface area contributed by atoms with Crippen molar-refractivity contribution < 1.29 is 4.52 Å². The van der Waals surface area contributed by atoms with E-state index in [1.807, 2.05) is 33.9 Å². The maximum atomic E-state index is 5.15. The minimum absolute atomic E-state index is 0. The molecule has 0 aromatic carbocycles. The molecule has 0 unspecified atom stereocenters. The molecule has 0 saturated carbocycles. The molecule has 0 aliphatic heterocycles. The van der Waals surface area contributed by atoms with Crippen LogP contribution in [0.2, 0.25) is 0 Å². The largest absolute Gasteiger partial charge is 0.361 e. The van der Waals surface area contributed by atoms with Crippen LogP contribution in [0.25, 0.3) is 0 Å². The second-order valence-electron chi connectivity index (χ2n) is 4.70. The molecule has 0 aliphatic rings. The topological polar surface area (TPSA) is 75.3 Å². The molecule has 0 aliphatic carbocycles. The highest BCUT2D eigenvalue weighted by molar-refractivity contribution is 14.0. The zero-order valence-corrected chi connectivity index (χ0v) is 16.4. The highest BCUT2D eigenvalue weighted by Gasteiger charge is 2.08. The molecule has 0 spiro atoms. The first kappa shape index (κ1) is 18.9. The lowest BCUT2D eigenvalue weighted by Gasteiger charge is -2.10. The quantitative estimate of drug-likeness (QED) is 0.429. The average molecular weight is 435 g/mol. The van der Waals surface area contributed by atoms with Crippen molar-refractivity contribution in [2.45, 2.75) is 40.8 Å². The van der Waals surface area contributed by atoms with Gasteiger partial charge in [-0.3, -0.25) is 0 Å². The third kappa shape index (κ3) is 5.24. The second kappa shape index (κ2) is 9.09. The van der Waals surface area contributed by atoms with Crippen LogP contribution in [0.4, 0.5) is 0 Å². The Hall–Kier alpha value is -1.16. The summed E-state index contributed by atoms with van der Waals surface area (Å²) in [6.07, 6.45) is 1.89. The Labute approximate surface area is 151 Å². The molecule has 2 aromatic rings. The van der Waals surface area contributed by atoms with Gasteiger partial charge in [0.05, 0.1) is 23.8 Å². The van der Waals surface area contributed by atoms with Crippen LogP contribution in [0.3, 0.4) is 0 Å². The molecule has 2 rings (SSSR count). The smallest absolute Gasteiger partial charge is 0.191 e. The summed E-state index contributed by atoms with van der Waals surface area (Å²) in [5, 5.41) is 11.6. The third-order valence-corrected chi connectivity index (χ3v) is 3.93. The van der Waals surface area contributed by atoms with E-state index in [1.54, 1.807) is 11.3 Å². The van der Waals surface area contributed by atoms with Gasteiger partial charge in [0.1, 0.15) is 5.76 Å². The monoisotopic (exact) mass is 435 g/mol. The van der Waals surface area contributed by atoms with Gasteiger partial charge >= 0.3 is 0 Å². The molecule has 2 aromatic heterocycles. The molecule has 2 heterocycles. The summed E-state index contributed by atoms with van der Waals surface area (Å²) in [4.78, 5) is 10.0. The molecular weight excluding hydrogens is 413 g/mol. The van der Waals surface area contributed by atoms with Crippen LogP contribution in [-0.2, 0) is 13.1 Å². The highest BCUT2D eigenvalue weighted by Crippen LogP contribution is 2.13. The van der Waals surface area contributed by atoms with Crippen molar-refractivity contribution in [1.82, 2.24) is 20.8 Å². The molecule has 0 saturated heterocycles. The maximum Gasteiger partial charge on any atom is 0.191 e. The highest BCUT2D eigenvalue weighted by atomic mass is 127. The number of hydrogen-bond acceptors (Lipinski definition) is 5. The van der Waals surface area contributed by atoms with E-state index in [1.165, 1.54) is 4.88 Å². The van der Waals surface area contributed by atoms with E-state index in [-0.39, 0.29) is 24.0 Å². The van der Waals surface area contributed by atoms with Gasteiger partial charge in [0.15, 0.2) is 5.96 Å². The first-order valence-corrected chi connectivity index (χ1v) is 7.77. The lowest BCUT2D eigenvalue weighted by molar-refractivity contribution is 0.392. The molecule has 0 amide bonds. The number of nitrogens with one attached hydrogen (secondary N) is 2. The Balaban J connectivity index is 0.00000242. The molecule has 122 valence electrons. The SMILES string of the molecule is CCNC(=NCc1c(C)noc1C)NCc1cnc(C)s1.I. The van der Waals surface area contributed by atoms with E-state index < -0.39 is 0 Å². The summed E-state index contributed by atoms with van der Waals surface area (Å²) < 4.78 is 5.15. The molecule has 0 bridgehead atoms. The number of aliphatic imine (C=N–C) groups is 1. The summed E-state index contributed by atoms with van der Waals surface area (Å²) in [6.45, 7) is 9.98. The molecule has 2 N–H and O–H groups in total. The van der Waals surface area contributed by atoms with Crippen molar-refractivity contribution in [3.63, 3.8) is 0 Å². The predicted octanol–water partition coefficient (Wildman–Crippen LogP) is 2.93. The van der Waals surface area contributed by atoms with Crippen LogP contribution in [0.5, 0.6) is 0 Å². The first-order valence-electron chi connectivity index (χ1n) is 6.95. The lowest BCUT2D eigenvalue weighted by Crippen LogP contribution is -2.36. The van der Waals surface area contributed by atoms with Crippen LogP contribution in [0, 0.1) is 20.8 Å². The molecule has 6 nitrogen and oxygen atoms in total. The lowest BCUT2D eigenvalue weighted by atomic mass is 10.2. The number of aryl methyl sites for hydroxylation is 3. The van der Waals surface area contributed by atoms with E-state index in [2.05, 4.69) is 25.8 Å². The van der Waals surface area contributed by atoms with Crippen molar-refractivity contribution in [3.05, 3.63) is 33.1 Å². The van der Waals surface area contributed by atoms with Crippen molar-refractivity contribution >= 4 is 41.3 Å². The summed E-state index contributed by atoms with van der Waals surface area (Å²) in [6, 6.07) is 0. The number of aromatic nitrogens is 2. The van der Waals surface area contributed by atoms with E-state index in [0.29, 0.717) is 6.54 Å². The van der Waals surface area contributed by atoms with Crippen LogP contribution in [0.1, 0.15) is 33.8 Å². The van der Waals surface area contributed by atoms with Crippen LogP contribution in [-0.4, -0.2) is 22.6 Å². The van der Waals surface area contributed by atoms with Crippen LogP contribution < -0.4 is 10.6 Å². The number of hydrogen-bond donors (Lipinski definition) is 2. The van der Waals surface area contributed by atoms with Crippen LogP contribution >= 0.6 is 35.3 Å². The fourth-order valence-corrected chi connectivity index (χ4v) is 2.62. The van der Waals surface area contributed by atoms with Gasteiger partial charge in [0.25, 0.3) is 0 Å². The standard InChI is InChI=1S/C14H21N5OS.HI/c1-5-15-14(17-7-12-6-16-11(4)21-12)18-8-13-9(2)19-20-10(13)3;/h6H,5,7-8H2,1-4H3,(H2,15,17,18);1H. The van der Waals surface area contributed by atoms with Crippen molar-refractivity contribution in [3.8, 4) is 0 Å². The fourth-order valence-electron chi connectivity index (χ4n) is 1.89. The molecule has 0 atom stereocenters. The zero-order valence-electron chi connectivity index (χ0n) is 13.3. The molecule has 0 radical (unpaired) electrons. The van der Waals surface area contributed by atoms with E-state index in [4.69, 9.17) is 4.52 Å². The second-order valence-corrected chi connectivity index (χ2v) is 6.02. The van der Waals surface area contributed by atoms with Gasteiger partial charge in [0, 0.05) is 23.2 Å². The molecular formula is C14H22IN5OS. The van der Waals surface area contributed by atoms with Crippen LogP contribution in [0.15, 0.2) is 15.7 Å². The van der Waals surface area contributed by atoms with Gasteiger partial charge in [-0.05, 0) is 27.7 Å². The normalized spacial score (nSPS) is 11.2. The number of nitrogens with zero attached hydrogens (tertiary/aromatic N) is 3. The number of guanidine groups is 1. The third-order valence-electron chi connectivity index (χ3n) is 3.02. The van der Waals surface area contributed by atoms with Gasteiger partial charge in [-0.2, -0.15) is 0 Å². The van der Waals surface area contributed by atoms with E-state index in [0.717, 1.165) is 41.1 Å². The van der Waals surface area contributed by atoms with Gasteiger partial charge in [0.2, 0.25) is 0 Å². The number of halogens is 1. The van der Waals surface area contributed by atoms with Gasteiger partial charge < -0.3 is 15.2 Å². The maximum absolute atomic E-state index is 5.15. The molecule has 0 fully saturated rings. The number of thiazole rings is 1. The predicted molar refractivity (Wildman–Crippen MR) is 99.9 cm³/mol. The fraction of sp³-hybridized carbons (Fsp3) is 0.500. The molecule has 22 heavy (non-hydrogen) atoms. The van der Waals surface area contributed by atoms with Crippen molar-refractivity contribution in [2.75, 3.05) is 6.54 Å². The minimum atomic E-state index is 0. The average Bonchev–Trinajstić information content (AvgIpc) is 3.00. The van der Waals surface area contributed by atoms with Crippen molar-refractivity contribution in [2.24, 2.45) is 4.99 Å². The minimum Gasteiger partial charge on any atom is -0.361 e. The Morgan fingerprint density at radius 2 is 2.09 bits per heavy atom. The van der Waals surface area contributed by atoms with Crippen molar-refractivity contribution in [1.29, 1.82) is 0 Å². The Bertz CT molecular complexity index is 603. The summed E-state index contributed by atoms with van der Waals surface area (Å²) in [5.41, 5.74) is 1.94. The Kier molecular flexibility index (Phi) is 7.80. The van der Waals surface area contributed by atoms with E-state index >= 15 is 0 Å². The first-order chi connectivity index (χ1) is 10.1. The summed E-state index contributed by atoms with van der Waals surface area (Å²) >= 11 is 1.69. The van der Waals surface area contributed by atoms with E-state index in [9.17, 15) is 0 Å². The summed E-state index contributed by atoms with van der Waals surface area (Å²) in [5.74, 6) is 1.61. The van der Waals surface area contributed by atoms with Gasteiger partial charge in [-0.25, -0.2) is 9.98 Å². The summed E-state index contributed by atoms with van der Waals surface area (Å²) in [7, 11) is 0. The zero-order chi connectivity index (χ0) is 15.2. The Morgan fingerprint density at radius 3 is 2.64 bits per heavy atom. The Morgan fingerprint density at radius 1 is 1.32 bits per heavy atom. The number of rotatable bonds is 5.